The maximum atomic E-state index is 11.9. The van der Waals surface area contributed by atoms with E-state index < -0.39 is 0 Å². The van der Waals surface area contributed by atoms with Crippen molar-refractivity contribution >= 4 is 51.7 Å². The molecule has 5 nitrogen and oxygen atoms in total. The van der Waals surface area contributed by atoms with Crippen LogP contribution in [-0.4, -0.2) is 16.9 Å². The molecule has 100 valence electrons. The van der Waals surface area contributed by atoms with Crippen LogP contribution in [0.4, 0.5) is 0 Å². The summed E-state index contributed by atoms with van der Waals surface area (Å²) in [6.07, 6.45) is 1.82. The van der Waals surface area contributed by atoms with Gasteiger partial charge in [-0.3, -0.25) is 25.8 Å². The van der Waals surface area contributed by atoms with Gasteiger partial charge in [0.15, 0.2) is 5.11 Å². The second-order valence-corrected chi connectivity index (χ2v) is 5.72. The number of hydrazine groups is 1. The van der Waals surface area contributed by atoms with E-state index >= 15 is 0 Å². The number of hydrogen-bond acceptors (Lipinski definition) is 3. The van der Waals surface area contributed by atoms with Gasteiger partial charge < -0.3 is 0 Å². The molecular weight excluding hydrogens is 377 g/mol. The molecule has 0 spiro atoms. The van der Waals surface area contributed by atoms with Gasteiger partial charge in [0, 0.05) is 9.49 Å². The van der Waals surface area contributed by atoms with Gasteiger partial charge in [-0.15, -0.1) is 0 Å². The summed E-state index contributed by atoms with van der Waals surface area (Å²) < 4.78 is 0.836. The number of halogens is 1. The number of thiocarbonyl (C=S) groups is 1. The highest BCUT2D eigenvalue weighted by atomic mass is 127. The van der Waals surface area contributed by atoms with Crippen LogP contribution in [0.5, 0.6) is 0 Å². The molecule has 0 saturated heterocycles. The van der Waals surface area contributed by atoms with Crippen molar-refractivity contribution in [3.05, 3.63) is 33.4 Å². The molecule has 19 heavy (non-hydrogen) atoms. The van der Waals surface area contributed by atoms with Crippen LogP contribution in [0, 0.1) is 9.49 Å². The Morgan fingerprint density at radius 2 is 1.89 bits per heavy atom. The van der Waals surface area contributed by atoms with E-state index in [1.54, 1.807) is 12.1 Å². The van der Waals surface area contributed by atoms with Gasteiger partial charge in [-0.2, -0.15) is 0 Å². The average Bonchev–Trinajstić information content (AvgIpc) is 3.20. The Morgan fingerprint density at radius 1 is 1.21 bits per heavy atom. The molecule has 1 aliphatic rings. The molecule has 0 aliphatic heterocycles. The van der Waals surface area contributed by atoms with Gasteiger partial charge in [0.1, 0.15) is 0 Å². The summed E-state index contributed by atoms with van der Waals surface area (Å²) in [6, 6.07) is 7.18. The number of carbonyl (C=O) groups excluding carboxylic acids is 2. The summed E-state index contributed by atoms with van der Waals surface area (Å²) in [5.41, 5.74) is 5.53. The lowest BCUT2D eigenvalue weighted by Gasteiger charge is -2.11. The van der Waals surface area contributed by atoms with Gasteiger partial charge in [0.05, 0.1) is 5.56 Å². The smallest absolute Gasteiger partial charge is 0.258 e. The standard InChI is InChI=1S/C12H12IN3O2S/c13-9-4-2-1-3-8(9)11(18)14-12(19)16-15-10(17)7-5-6-7/h1-4,7H,5-6H2,(H,15,17)(H2,14,16,18,19). The fraction of sp³-hybridized carbons (Fsp3) is 0.250. The molecule has 7 heteroatoms. The largest absolute Gasteiger partial charge is 0.298 e. The van der Waals surface area contributed by atoms with Crippen molar-refractivity contribution in [1.82, 2.24) is 16.2 Å². The molecule has 2 amide bonds. The van der Waals surface area contributed by atoms with Crippen molar-refractivity contribution < 1.29 is 9.59 Å². The van der Waals surface area contributed by atoms with E-state index in [1.165, 1.54) is 0 Å². The Morgan fingerprint density at radius 3 is 2.53 bits per heavy atom. The van der Waals surface area contributed by atoms with Gasteiger partial charge in [-0.25, -0.2) is 0 Å². The number of carbonyl (C=O) groups is 2. The van der Waals surface area contributed by atoms with E-state index in [0.29, 0.717) is 5.56 Å². The van der Waals surface area contributed by atoms with Gasteiger partial charge in [0.2, 0.25) is 5.91 Å². The lowest BCUT2D eigenvalue weighted by molar-refractivity contribution is -0.122. The fourth-order valence-electron chi connectivity index (χ4n) is 1.41. The topological polar surface area (TPSA) is 70.2 Å². The Labute approximate surface area is 129 Å². The summed E-state index contributed by atoms with van der Waals surface area (Å²) in [4.78, 5) is 23.3. The Kier molecular flexibility index (Phi) is 4.70. The van der Waals surface area contributed by atoms with E-state index in [0.717, 1.165) is 16.4 Å². The van der Waals surface area contributed by atoms with Crippen LogP contribution >= 0.6 is 34.8 Å². The molecule has 0 bridgehead atoms. The van der Waals surface area contributed by atoms with Crippen molar-refractivity contribution in [3.8, 4) is 0 Å². The first-order valence-electron chi connectivity index (χ1n) is 5.73. The van der Waals surface area contributed by atoms with Crippen molar-refractivity contribution in [2.45, 2.75) is 12.8 Å². The minimum absolute atomic E-state index is 0.0821. The molecule has 3 N–H and O–H groups in total. The molecule has 0 aromatic heterocycles. The quantitative estimate of drug-likeness (QED) is 0.406. The van der Waals surface area contributed by atoms with E-state index in [2.05, 4.69) is 38.8 Å². The van der Waals surface area contributed by atoms with Crippen LogP contribution in [0.2, 0.25) is 0 Å². The van der Waals surface area contributed by atoms with Gasteiger partial charge in [0.25, 0.3) is 5.91 Å². The summed E-state index contributed by atoms with van der Waals surface area (Å²) in [5, 5.41) is 2.60. The number of benzene rings is 1. The number of nitrogens with one attached hydrogen (secondary N) is 3. The molecule has 0 unspecified atom stereocenters. The molecule has 0 radical (unpaired) electrons. The van der Waals surface area contributed by atoms with E-state index in [4.69, 9.17) is 12.2 Å². The maximum absolute atomic E-state index is 11.9. The van der Waals surface area contributed by atoms with Gasteiger partial charge in [-0.1, -0.05) is 12.1 Å². The van der Waals surface area contributed by atoms with Crippen molar-refractivity contribution in [3.63, 3.8) is 0 Å². The van der Waals surface area contributed by atoms with Crippen molar-refractivity contribution in [2.24, 2.45) is 5.92 Å². The van der Waals surface area contributed by atoms with Gasteiger partial charge in [-0.05, 0) is 59.8 Å². The second kappa shape index (κ2) is 6.29. The third-order valence-electron chi connectivity index (χ3n) is 2.59. The summed E-state index contributed by atoms with van der Waals surface area (Å²) in [7, 11) is 0. The van der Waals surface area contributed by atoms with Crippen LogP contribution in [0.25, 0.3) is 0 Å². The molecular formula is C12H12IN3O2S. The highest BCUT2D eigenvalue weighted by Crippen LogP contribution is 2.28. The summed E-state index contributed by atoms with van der Waals surface area (Å²) in [5.74, 6) is -0.310. The number of hydrogen-bond donors (Lipinski definition) is 3. The van der Waals surface area contributed by atoms with Crippen LogP contribution < -0.4 is 16.2 Å². The second-order valence-electron chi connectivity index (χ2n) is 4.15. The van der Waals surface area contributed by atoms with E-state index in [-0.39, 0.29) is 22.8 Å². The molecule has 1 aromatic carbocycles. The molecule has 1 aliphatic carbocycles. The van der Waals surface area contributed by atoms with Crippen LogP contribution in [0.15, 0.2) is 24.3 Å². The first kappa shape index (κ1) is 14.2. The third-order valence-corrected chi connectivity index (χ3v) is 3.74. The Balaban J connectivity index is 1.83. The zero-order chi connectivity index (χ0) is 13.8. The molecule has 2 rings (SSSR count). The zero-order valence-corrected chi connectivity index (χ0v) is 12.9. The maximum Gasteiger partial charge on any atom is 0.258 e. The lowest BCUT2D eigenvalue weighted by atomic mass is 10.2. The highest BCUT2D eigenvalue weighted by Gasteiger charge is 2.29. The van der Waals surface area contributed by atoms with Crippen LogP contribution in [0.3, 0.4) is 0 Å². The van der Waals surface area contributed by atoms with Crippen molar-refractivity contribution in [2.75, 3.05) is 0 Å². The molecule has 1 aromatic rings. The molecule has 0 atom stereocenters. The van der Waals surface area contributed by atoms with E-state index in [1.807, 2.05) is 12.1 Å². The average molecular weight is 389 g/mol. The zero-order valence-electron chi connectivity index (χ0n) is 9.90. The first-order valence-corrected chi connectivity index (χ1v) is 7.22. The first-order chi connectivity index (χ1) is 9.08. The minimum Gasteiger partial charge on any atom is -0.298 e. The molecule has 1 fully saturated rings. The highest BCUT2D eigenvalue weighted by molar-refractivity contribution is 14.1. The Bertz CT molecular complexity index is 531. The van der Waals surface area contributed by atoms with Crippen LogP contribution in [0.1, 0.15) is 23.2 Å². The van der Waals surface area contributed by atoms with Crippen LogP contribution in [-0.2, 0) is 4.79 Å². The SMILES string of the molecule is O=C(NC(=S)NNC(=O)C1CC1)c1ccccc1I. The number of amides is 2. The number of rotatable bonds is 2. The Hall–Kier alpha value is -1.22. The van der Waals surface area contributed by atoms with Gasteiger partial charge >= 0.3 is 0 Å². The monoisotopic (exact) mass is 389 g/mol. The summed E-state index contributed by atoms with van der Waals surface area (Å²) >= 11 is 7.02. The molecule has 0 heterocycles. The summed E-state index contributed by atoms with van der Waals surface area (Å²) in [6.45, 7) is 0. The predicted molar refractivity (Wildman–Crippen MR) is 83.2 cm³/mol. The minimum atomic E-state index is -0.303. The third kappa shape index (κ3) is 4.13. The lowest BCUT2D eigenvalue weighted by Crippen LogP contribution is -2.49. The van der Waals surface area contributed by atoms with Crippen molar-refractivity contribution in [1.29, 1.82) is 0 Å². The molecule has 1 saturated carbocycles. The fourth-order valence-corrected chi connectivity index (χ4v) is 2.19. The normalized spacial score (nSPS) is 13.5. The predicted octanol–water partition coefficient (Wildman–Crippen LogP) is 1.34. The van der Waals surface area contributed by atoms with E-state index in [9.17, 15) is 9.59 Å².